The van der Waals surface area contributed by atoms with Crippen molar-refractivity contribution in [3.05, 3.63) is 89.6 Å². The quantitative estimate of drug-likeness (QED) is 0.656. The van der Waals surface area contributed by atoms with Gasteiger partial charge in [-0.3, -0.25) is 20.4 Å². The van der Waals surface area contributed by atoms with Gasteiger partial charge in [0, 0.05) is 0 Å². The molecule has 2 amide bonds. The first kappa shape index (κ1) is 18.2. The van der Waals surface area contributed by atoms with E-state index in [9.17, 15) is 14.0 Å². The van der Waals surface area contributed by atoms with Gasteiger partial charge in [-0.15, -0.1) is 0 Å². The van der Waals surface area contributed by atoms with Crippen molar-refractivity contribution >= 4 is 11.8 Å². The largest absolute Gasteiger partial charge is 0.486 e. The number of ether oxygens (including phenoxy) is 1. The third-order valence-corrected chi connectivity index (χ3v) is 3.58. The Labute approximate surface area is 154 Å². The van der Waals surface area contributed by atoms with Crippen LogP contribution in [0.3, 0.4) is 0 Å². The molecule has 1 heterocycles. The molecule has 0 aliphatic carbocycles. The third kappa shape index (κ3) is 5.43. The molecule has 0 unspecified atom stereocenters. The summed E-state index contributed by atoms with van der Waals surface area (Å²) in [5.41, 5.74) is 5.02. The summed E-state index contributed by atoms with van der Waals surface area (Å²) >= 11 is 0. The van der Waals surface area contributed by atoms with Gasteiger partial charge in [-0.05, 0) is 42.0 Å². The Hall–Kier alpha value is -3.61. The zero-order valence-electron chi connectivity index (χ0n) is 14.3. The normalized spacial score (nSPS) is 10.3. The SMILES string of the molecule is O=C(Cc1cccc(F)c1)NNC(=O)c1ccc(COc2ccccc2)o1. The predicted octanol–water partition coefficient (Wildman–Crippen LogP) is 3.00. The van der Waals surface area contributed by atoms with Crippen LogP contribution >= 0.6 is 0 Å². The highest BCUT2D eigenvalue weighted by molar-refractivity contribution is 5.93. The number of carbonyl (C=O) groups is 2. The van der Waals surface area contributed by atoms with Crippen molar-refractivity contribution in [3.8, 4) is 5.75 Å². The van der Waals surface area contributed by atoms with E-state index in [-0.39, 0.29) is 18.8 Å². The molecule has 3 aromatic rings. The fraction of sp³-hybridized carbons (Fsp3) is 0.100. The Morgan fingerprint density at radius 3 is 2.56 bits per heavy atom. The zero-order chi connectivity index (χ0) is 19.1. The van der Waals surface area contributed by atoms with E-state index in [1.807, 2.05) is 30.3 Å². The number of hydrogen-bond acceptors (Lipinski definition) is 4. The van der Waals surface area contributed by atoms with Crippen molar-refractivity contribution < 1.29 is 23.1 Å². The summed E-state index contributed by atoms with van der Waals surface area (Å²) in [4.78, 5) is 23.8. The monoisotopic (exact) mass is 368 g/mol. The summed E-state index contributed by atoms with van der Waals surface area (Å²) < 4.78 is 24.0. The maximum Gasteiger partial charge on any atom is 0.305 e. The van der Waals surface area contributed by atoms with Gasteiger partial charge in [0.05, 0.1) is 6.42 Å². The number of hydrogen-bond donors (Lipinski definition) is 2. The van der Waals surface area contributed by atoms with Gasteiger partial charge in [-0.1, -0.05) is 30.3 Å². The molecule has 6 nitrogen and oxygen atoms in total. The molecule has 2 N–H and O–H groups in total. The lowest BCUT2D eigenvalue weighted by molar-refractivity contribution is -0.121. The van der Waals surface area contributed by atoms with Crippen molar-refractivity contribution in [1.29, 1.82) is 0 Å². The van der Waals surface area contributed by atoms with Gasteiger partial charge in [0.25, 0.3) is 0 Å². The Bertz CT molecular complexity index is 924. The minimum atomic E-state index is -0.603. The Morgan fingerprint density at radius 2 is 1.78 bits per heavy atom. The number of hydrazine groups is 1. The molecule has 0 atom stereocenters. The number of nitrogens with one attached hydrogen (secondary N) is 2. The first-order valence-corrected chi connectivity index (χ1v) is 8.20. The number of rotatable bonds is 6. The van der Waals surface area contributed by atoms with Crippen molar-refractivity contribution in [2.75, 3.05) is 0 Å². The lowest BCUT2D eigenvalue weighted by Gasteiger charge is -2.06. The Balaban J connectivity index is 1.47. The zero-order valence-corrected chi connectivity index (χ0v) is 14.3. The van der Waals surface area contributed by atoms with Crippen LogP contribution in [0.1, 0.15) is 21.9 Å². The second-order valence-corrected chi connectivity index (χ2v) is 5.68. The van der Waals surface area contributed by atoms with Crippen LogP contribution in [-0.4, -0.2) is 11.8 Å². The molecular weight excluding hydrogens is 351 g/mol. The summed E-state index contributed by atoms with van der Waals surface area (Å²) in [6.07, 6.45) is -0.0631. The van der Waals surface area contributed by atoms with E-state index in [0.717, 1.165) is 0 Å². The van der Waals surface area contributed by atoms with Crippen LogP contribution in [0.15, 0.2) is 71.1 Å². The molecule has 0 bridgehead atoms. The van der Waals surface area contributed by atoms with Crippen LogP contribution in [0.4, 0.5) is 4.39 Å². The van der Waals surface area contributed by atoms with Gasteiger partial charge in [0.1, 0.15) is 23.9 Å². The average Bonchev–Trinajstić information content (AvgIpc) is 3.14. The van der Waals surface area contributed by atoms with E-state index in [0.29, 0.717) is 17.1 Å². The van der Waals surface area contributed by atoms with Crippen molar-refractivity contribution in [3.63, 3.8) is 0 Å². The van der Waals surface area contributed by atoms with E-state index >= 15 is 0 Å². The molecule has 0 spiro atoms. The van der Waals surface area contributed by atoms with E-state index in [2.05, 4.69) is 10.9 Å². The summed E-state index contributed by atoms with van der Waals surface area (Å²) in [5.74, 6) is -0.320. The van der Waals surface area contributed by atoms with Gasteiger partial charge in [0.2, 0.25) is 5.91 Å². The highest BCUT2D eigenvalue weighted by atomic mass is 19.1. The van der Waals surface area contributed by atoms with E-state index in [1.165, 1.54) is 24.3 Å². The van der Waals surface area contributed by atoms with E-state index < -0.39 is 17.6 Å². The van der Waals surface area contributed by atoms with Gasteiger partial charge in [0.15, 0.2) is 5.76 Å². The highest BCUT2D eigenvalue weighted by Gasteiger charge is 2.13. The van der Waals surface area contributed by atoms with Crippen LogP contribution in [0.25, 0.3) is 0 Å². The summed E-state index contributed by atoms with van der Waals surface area (Å²) in [5, 5.41) is 0. The number of halogens is 1. The first-order valence-electron chi connectivity index (χ1n) is 8.20. The summed E-state index contributed by atoms with van der Waals surface area (Å²) in [6, 6.07) is 18.0. The van der Waals surface area contributed by atoms with Crippen LogP contribution < -0.4 is 15.6 Å². The van der Waals surface area contributed by atoms with Crippen molar-refractivity contribution in [2.45, 2.75) is 13.0 Å². The highest BCUT2D eigenvalue weighted by Crippen LogP contribution is 2.13. The summed E-state index contributed by atoms with van der Waals surface area (Å²) in [7, 11) is 0. The van der Waals surface area contributed by atoms with Crippen LogP contribution in [0.5, 0.6) is 5.75 Å². The number of amides is 2. The molecule has 0 aliphatic rings. The van der Waals surface area contributed by atoms with Gasteiger partial charge < -0.3 is 9.15 Å². The lowest BCUT2D eigenvalue weighted by atomic mass is 10.1. The molecule has 0 radical (unpaired) electrons. The smallest absolute Gasteiger partial charge is 0.305 e. The molecule has 0 saturated carbocycles. The maximum atomic E-state index is 13.1. The molecule has 138 valence electrons. The van der Waals surface area contributed by atoms with Gasteiger partial charge in [-0.2, -0.15) is 0 Å². The fourth-order valence-electron chi connectivity index (χ4n) is 2.31. The number of furan rings is 1. The Kier molecular flexibility index (Phi) is 5.84. The minimum Gasteiger partial charge on any atom is -0.486 e. The maximum absolute atomic E-state index is 13.1. The minimum absolute atomic E-state index is 0.0349. The van der Waals surface area contributed by atoms with Crippen LogP contribution in [0.2, 0.25) is 0 Å². The molecule has 2 aromatic carbocycles. The molecule has 1 aromatic heterocycles. The molecule has 27 heavy (non-hydrogen) atoms. The number of carbonyl (C=O) groups excluding carboxylic acids is 2. The fourth-order valence-corrected chi connectivity index (χ4v) is 2.31. The second-order valence-electron chi connectivity index (χ2n) is 5.68. The number of para-hydroxylation sites is 1. The van der Waals surface area contributed by atoms with Gasteiger partial charge >= 0.3 is 5.91 Å². The molecule has 0 fully saturated rings. The standard InChI is InChI=1S/C20H17FN2O4/c21-15-6-4-5-14(11-15)12-19(24)22-23-20(25)18-10-9-17(27-18)13-26-16-7-2-1-3-8-16/h1-11H,12-13H2,(H,22,24)(H,23,25). The topological polar surface area (TPSA) is 80.6 Å². The second kappa shape index (κ2) is 8.66. The van der Waals surface area contributed by atoms with Gasteiger partial charge in [-0.25, -0.2) is 4.39 Å². The lowest BCUT2D eigenvalue weighted by Crippen LogP contribution is -2.42. The van der Waals surface area contributed by atoms with E-state index in [1.54, 1.807) is 12.1 Å². The molecular formula is C20H17FN2O4. The third-order valence-electron chi connectivity index (χ3n) is 3.58. The molecule has 3 rings (SSSR count). The first-order chi connectivity index (χ1) is 13.1. The van der Waals surface area contributed by atoms with Crippen molar-refractivity contribution in [2.24, 2.45) is 0 Å². The predicted molar refractivity (Wildman–Crippen MR) is 95.2 cm³/mol. The summed E-state index contributed by atoms with van der Waals surface area (Å²) in [6.45, 7) is 0.170. The van der Waals surface area contributed by atoms with E-state index in [4.69, 9.17) is 9.15 Å². The van der Waals surface area contributed by atoms with Crippen LogP contribution in [-0.2, 0) is 17.8 Å². The average molecular weight is 368 g/mol. The molecule has 7 heteroatoms. The Morgan fingerprint density at radius 1 is 0.963 bits per heavy atom. The molecule has 0 saturated heterocycles. The number of benzene rings is 2. The molecule has 0 aliphatic heterocycles. The van der Waals surface area contributed by atoms with Crippen molar-refractivity contribution in [1.82, 2.24) is 10.9 Å². The van der Waals surface area contributed by atoms with Crippen LogP contribution in [0, 0.1) is 5.82 Å².